The van der Waals surface area contributed by atoms with Gasteiger partial charge in [0.15, 0.2) is 6.61 Å². The summed E-state index contributed by atoms with van der Waals surface area (Å²) < 4.78 is 69.8. The Morgan fingerprint density at radius 1 is 0.933 bits per heavy atom. The minimum Gasteiger partial charge on any atom is -0.452 e. The second-order valence-electron chi connectivity index (χ2n) is 5.43. The van der Waals surface area contributed by atoms with Gasteiger partial charge in [-0.3, -0.25) is 14.9 Å². The predicted octanol–water partition coefficient (Wildman–Crippen LogP) is 4.01. The third kappa shape index (κ3) is 7.70. The van der Waals surface area contributed by atoms with Crippen molar-refractivity contribution in [1.29, 1.82) is 0 Å². The Morgan fingerprint density at radius 2 is 1.50 bits per heavy atom. The van der Waals surface area contributed by atoms with Crippen LogP contribution in [0.5, 0.6) is 5.75 Å². The molecule has 160 valence electrons. The molecule has 1 N–H and O–H groups in total. The number of hydrogen-bond acceptors (Lipinski definition) is 6. The molecular formula is C18H12F5NO5S. The SMILES string of the molecule is O=C(COC(=O)c1ccc(SC(F)(F)F)cc1)NC(=O)c1ccc(OC(F)F)cc1. The lowest BCUT2D eigenvalue weighted by Crippen LogP contribution is -2.34. The summed E-state index contributed by atoms with van der Waals surface area (Å²) >= 11 is -0.351. The topological polar surface area (TPSA) is 81.7 Å². The highest BCUT2D eigenvalue weighted by atomic mass is 32.2. The summed E-state index contributed by atoms with van der Waals surface area (Å²) in [6.07, 6.45) is 0. The predicted molar refractivity (Wildman–Crippen MR) is 94.2 cm³/mol. The quantitative estimate of drug-likeness (QED) is 0.391. The maximum Gasteiger partial charge on any atom is 0.446 e. The molecule has 0 unspecified atom stereocenters. The second-order valence-corrected chi connectivity index (χ2v) is 6.57. The summed E-state index contributed by atoms with van der Waals surface area (Å²) in [5.74, 6) is -2.99. The lowest BCUT2D eigenvalue weighted by atomic mass is 10.2. The smallest absolute Gasteiger partial charge is 0.446 e. The Labute approximate surface area is 170 Å². The Hall–Kier alpha value is -3.15. The van der Waals surface area contributed by atoms with Crippen LogP contribution in [-0.2, 0) is 9.53 Å². The van der Waals surface area contributed by atoms with Crippen molar-refractivity contribution in [2.75, 3.05) is 6.61 Å². The minimum absolute atomic E-state index is 0.0333. The molecule has 2 amide bonds. The van der Waals surface area contributed by atoms with Crippen LogP contribution < -0.4 is 10.1 Å². The monoisotopic (exact) mass is 449 g/mol. The highest BCUT2D eigenvalue weighted by Crippen LogP contribution is 2.36. The van der Waals surface area contributed by atoms with Gasteiger partial charge in [0.05, 0.1) is 5.56 Å². The van der Waals surface area contributed by atoms with Crippen LogP contribution in [0.1, 0.15) is 20.7 Å². The van der Waals surface area contributed by atoms with Crippen LogP contribution in [0.15, 0.2) is 53.4 Å². The van der Waals surface area contributed by atoms with Crippen LogP contribution >= 0.6 is 11.8 Å². The third-order valence-corrected chi connectivity index (χ3v) is 3.99. The molecule has 30 heavy (non-hydrogen) atoms. The molecule has 0 saturated carbocycles. The average molecular weight is 449 g/mol. The van der Waals surface area contributed by atoms with Crippen LogP contribution in [-0.4, -0.2) is 36.5 Å². The van der Waals surface area contributed by atoms with Crippen molar-refractivity contribution in [1.82, 2.24) is 5.32 Å². The van der Waals surface area contributed by atoms with Gasteiger partial charge in [0, 0.05) is 10.5 Å². The number of imide groups is 1. The number of alkyl halides is 5. The van der Waals surface area contributed by atoms with Crippen LogP contribution in [0.4, 0.5) is 22.0 Å². The molecule has 0 fully saturated rings. The Kier molecular flexibility index (Phi) is 7.75. The molecule has 6 nitrogen and oxygen atoms in total. The van der Waals surface area contributed by atoms with Crippen LogP contribution in [0, 0.1) is 0 Å². The first-order valence-electron chi connectivity index (χ1n) is 7.95. The zero-order chi connectivity index (χ0) is 22.3. The van der Waals surface area contributed by atoms with Crippen molar-refractivity contribution in [3.05, 3.63) is 59.7 Å². The molecule has 0 bridgehead atoms. The fraction of sp³-hybridized carbons (Fsp3) is 0.167. The van der Waals surface area contributed by atoms with Gasteiger partial charge in [0.25, 0.3) is 11.8 Å². The first-order chi connectivity index (χ1) is 14.0. The Balaban J connectivity index is 1.83. The fourth-order valence-electron chi connectivity index (χ4n) is 2.03. The summed E-state index contributed by atoms with van der Waals surface area (Å²) in [7, 11) is 0. The van der Waals surface area contributed by atoms with Crippen molar-refractivity contribution >= 4 is 29.5 Å². The first-order valence-corrected chi connectivity index (χ1v) is 8.77. The van der Waals surface area contributed by atoms with Crippen molar-refractivity contribution in [2.45, 2.75) is 17.0 Å². The molecule has 0 aromatic heterocycles. The average Bonchev–Trinajstić information content (AvgIpc) is 2.65. The van der Waals surface area contributed by atoms with E-state index in [-0.39, 0.29) is 33.5 Å². The molecule has 12 heteroatoms. The van der Waals surface area contributed by atoms with Gasteiger partial charge in [-0.2, -0.15) is 22.0 Å². The molecule has 0 heterocycles. The first kappa shape index (κ1) is 23.1. The molecular weight excluding hydrogens is 437 g/mol. The van der Waals surface area contributed by atoms with Crippen molar-refractivity contribution in [3.8, 4) is 5.75 Å². The number of carbonyl (C=O) groups is 3. The second kappa shape index (κ2) is 10.1. The number of halogens is 5. The van der Waals surface area contributed by atoms with E-state index in [1.165, 1.54) is 0 Å². The van der Waals surface area contributed by atoms with Crippen molar-refractivity contribution < 1.29 is 45.8 Å². The third-order valence-electron chi connectivity index (χ3n) is 3.25. The van der Waals surface area contributed by atoms with Crippen molar-refractivity contribution in [3.63, 3.8) is 0 Å². The molecule has 2 aromatic rings. The van der Waals surface area contributed by atoms with Crippen LogP contribution in [0.25, 0.3) is 0 Å². The maximum atomic E-state index is 12.3. The van der Waals surface area contributed by atoms with Gasteiger partial charge < -0.3 is 9.47 Å². The summed E-state index contributed by atoms with van der Waals surface area (Å²) in [6, 6.07) is 8.84. The summed E-state index contributed by atoms with van der Waals surface area (Å²) in [5, 5.41) is 1.93. The molecule has 0 aliphatic carbocycles. The number of benzene rings is 2. The number of ether oxygens (including phenoxy) is 2. The summed E-state index contributed by atoms with van der Waals surface area (Å²) in [6.45, 7) is -3.85. The molecule has 0 atom stereocenters. The molecule has 0 saturated heterocycles. The molecule has 0 aliphatic rings. The largest absolute Gasteiger partial charge is 0.452 e. The van der Waals surface area contributed by atoms with Gasteiger partial charge in [-0.25, -0.2) is 4.79 Å². The van der Waals surface area contributed by atoms with E-state index < -0.39 is 36.5 Å². The molecule has 2 rings (SSSR count). The Bertz CT molecular complexity index is 901. The fourth-order valence-corrected chi connectivity index (χ4v) is 2.57. The number of esters is 1. The number of rotatable bonds is 7. The lowest BCUT2D eigenvalue weighted by Gasteiger charge is -2.08. The van der Waals surface area contributed by atoms with Crippen LogP contribution in [0.2, 0.25) is 0 Å². The molecule has 0 radical (unpaired) electrons. The number of amides is 2. The molecule has 0 spiro atoms. The normalized spacial score (nSPS) is 11.1. The van der Waals surface area contributed by atoms with E-state index in [1.807, 2.05) is 5.32 Å². The van der Waals surface area contributed by atoms with Gasteiger partial charge >= 0.3 is 18.1 Å². The number of carbonyl (C=O) groups excluding carboxylic acids is 3. The van der Waals surface area contributed by atoms with E-state index in [9.17, 15) is 36.3 Å². The van der Waals surface area contributed by atoms with Crippen molar-refractivity contribution in [2.24, 2.45) is 0 Å². The standard InChI is InChI=1S/C18H12F5NO5S/c19-17(20)29-12-5-1-10(2-6-12)15(26)24-14(25)9-28-16(27)11-3-7-13(8-4-11)30-18(21,22)23/h1-8,17H,9H2,(H,24,25,26). The van der Waals surface area contributed by atoms with Gasteiger partial charge in [-0.1, -0.05) is 0 Å². The summed E-state index contributed by atoms with van der Waals surface area (Å²) in [4.78, 5) is 35.3. The van der Waals surface area contributed by atoms with E-state index in [0.29, 0.717) is 0 Å². The maximum absolute atomic E-state index is 12.3. The molecule has 2 aromatic carbocycles. The minimum atomic E-state index is -4.47. The Morgan fingerprint density at radius 3 is 2.03 bits per heavy atom. The number of hydrogen-bond donors (Lipinski definition) is 1. The molecule has 0 aliphatic heterocycles. The van der Waals surface area contributed by atoms with E-state index in [0.717, 1.165) is 48.5 Å². The van der Waals surface area contributed by atoms with Gasteiger partial charge in [-0.15, -0.1) is 0 Å². The highest BCUT2D eigenvalue weighted by molar-refractivity contribution is 8.00. The zero-order valence-electron chi connectivity index (χ0n) is 14.7. The zero-order valence-corrected chi connectivity index (χ0v) is 15.6. The lowest BCUT2D eigenvalue weighted by molar-refractivity contribution is -0.123. The van der Waals surface area contributed by atoms with E-state index in [1.54, 1.807) is 0 Å². The van der Waals surface area contributed by atoms with E-state index >= 15 is 0 Å². The van der Waals surface area contributed by atoms with E-state index in [2.05, 4.69) is 4.74 Å². The highest BCUT2D eigenvalue weighted by Gasteiger charge is 2.29. The van der Waals surface area contributed by atoms with Gasteiger partial charge in [-0.05, 0) is 60.3 Å². The summed E-state index contributed by atoms with van der Waals surface area (Å²) in [5.41, 5.74) is -4.59. The van der Waals surface area contributed by atoms with Gasteiger partial charge in [0.2, 0.25) is 0 Å². The van der Waals surface area contributed by atoms with Crippen LogP contribution in [0.3, 0.4) is 0 Å². The number of nitrogens with one attached hydrogen (secondary N) is 1. The van der Waals surface area contributed by atoms with E-state index in [4.69, 9.17) is 4.74 Å². The van der Waals surface area contributed by atoms with Gasteiger partial charge in [0.1, 0.15) is 5.75 Å². The number of thioether (sulfide) groups is 1.